The van der Waals surface area contributed by atoms with Crippen LogP contribution in [0.15, 0.2) is 48.6 Å². The number of hydrogen-bond donors (Lipinski definition) is 0. The Morgan fingerprint density at radius 1 is 0.917 bits per heavy atom. The van der Waals surface area contributed by atoms with Crippen molar-refractivity contribution in [2.75, 3.05) is 0 Å². The van der Waals surface area contributed by atoms with E-state index < -0.39 is 0 Å². The average Bonchev–Trinajstić information content (AvgIpc) is 2.02. The Kier molecular flexibility index (Phi) is 6.85. The van der Waals surface area contributed by atoms with Gasteiger partial charge < -0.3 is 0 Å². The predicted molar refractivity (Wildman–Crippen MR) is 52.9 cm³/mol. The molecule has 0 fully saturated rings. The smallest absolute Gasteiger partial charge is 0.152 e. The fourth-order valence-corrected chi connectivity index (χ4v) is 0.559. The summed E-state index contributed by atoms with van der Waals surface area (Å²) in [7, 11) is 0. The summed E-state index contributed by atoms with van der Waals surface area (Å²) in [6.07, 6.45) is 14.7. The fraction of sp³-hybridized carbons (Fsp3) is 0.182. The van der Waals surface area contributed by atoms with Crippen molar-refractivity contribution in [3.63, 3.8) is 0 Å². The minimum atomic E-state index is 0.0667. The lowest BCUT2D eigenvalue weighted by Crippen LogP contribution is -1.77. The van der Waals surface area contributed by atoms with E-state index in [0.717, 1.165) is 0 Å². The van der Waals surface area contributed by atoms with Gasteiger partial charge in [0.25, 0.3) is 0 Å². The van der Waals surface area contributed by atoms with Crippen LogP contribution in [0.1, 0.15) is 13.8 Å². The number of ketones is 1. The second-order valence-corrected chi connectivity index (χ2v) is 2.27. The van der Waals surface area contributed by atoms with Gasteiger partial charge >= 0.3 is 0 Å². The minimum Gasteiger partial charge on any atom is -0.295 e. The fourth-order valence-electron chi connectivity index (χ4n) is 0.559. The van der Waals surface area contributed by atoms with Crippen molar-refractivity contribution in [1.82, 2.24) is 0 Å². The van der Waals surface area contributed by atoms with E-state index in [1.54, 1.807) is 6.08 Å². The molecule has 0 saturated carbocycles. The van der Waals surface area contributed by atoms with Crippen LogP contribution in [-0.2, 0) is 4.79 Å². The van der Waals surface area contributed by atoms with Crippen molar-refractivity contribution < 1.29 is 4.79 Å². The van der Waals surface area contributed by atoms with Gasteiger partial charge in [-0.05, 0) is 19.9 Å². The first-order chi connectivity index (χ1) is 5.77. The Bertz CT molecular complexity index is 229. The van der Waals surface area contributed by atoms with Crippen LogP contribution in [0.5, 0.6) is 0 Å². The molecule has 0 heterocycles. The van der Waals surface area contributed by atoms with E-state index in [4.69, 9.17) is 0 Å². The molecule has 0 aromatic rings. The Labute approximate surface area is 73.8 Å². The van der Waals surface area contributed by atoms with Gasteiger partial charge in [0.05, 0.1) is 0 Å². The summed E-state index contributed by atoms with van der Waals surface area (Å²) >= 11 is 0. The highest BCUT2D eigenvalue weighted by Crippen LogP contribution is 1.82. The molecule has 64 valence electrons. The Morgan fingerprint density at radius 3 is 1.92 bits per heavy atom. The van der Waals surface area contributed by atoms with Crippen LogP contribution < -0.4 is 0 Å². The number of carbonyl (C=O) groups is 1. The zero-order valence-electron chi connectivity index (χ0n) is 7.53. The second-order valence-electron chi connectivity index (χ2n) is 2.27. The number of allylic oxidation sites excluding steroid dienone is 8. The van der Waals surface area contributed by atoms with Gasteiger partial charge in [0.15, 0.2) is 5.78 Å². The highest BCUT2D eigenvalue weighted by molar-refractivity contribution is 5.87. The van der Waals surface area contributed by atoms with Crippen molar-refractivity contribution in [3.8, 4) is 0 Å². The molecule has 0 unspecified atom stereocenters. The van der Waals surface area contributed by atoms with E-state index in [1.807, 2.05) is 43.4 Å². The molecule has 0 aliphatic rings. The molecule has 0 atom stereocenters. The third-order valence-electron chi connectivity index (χ3n) is 1.08. The summed E-state index contributed by atoms with van der Waals surface area (Å²) in [6.45, 7) is 3.49. The molecule has 0 aliphatic heterocycles. The average molecular weight is 162 g/mol. The standard InChI is InChI=1S/C11H14O/c1-3-4-5-6-7-8-9-10-11(2)12/h3-10H,1-2H3/b4-3+,6-5-,8-7+,10-9+. The number of rotatable bonds is 4. The van der Waals surface area contributed by atoms with Gasteiger partial charge in [0.1, 0.15) is 0 Å². The maximum absolute atomic E-state index is 10.4. The van der Waals surface area contributed by atoms with Crippen LogP contribution in [0.3, 0.4) is 0 Å². The normalized spacial score (nSPS) is 12.8. The van der Waals surface area contributed by atoms with Gasteiger partial charge in [-0.3, -0.25) is 4.79 Å². The molecule has 0 saturated heterocycles. The molecule has 0 aliphatic carbocycles. The highest BCUT2D eigenvalue weighted by Gasteiger charge is 1.75. The summed E-state index contributed by atoms with van der Waals surface area (Å²) in [5.74, 6) is 0.0667. The Balaban J connectivity index is 3.70. The summed E-state index contributed by atoms with van der Waals surface area (Å²) in [5.41, 5.74) is 0. The van der Waals surface area contributed by atoms with E-state index >= 15 is 0 Å². The van der Waals surface area contributed by atoms with Crippen LogP contribution in [0.4, 0.5) is 0 Å². The van der Waals surface area contributed by atoms with Gasteiger partial charge in [-0.2, -0.15) is 0 Å². The first-order valence-electron chi connectivity index (χ1n) is 3.90. The first kappa shape index (κ1) is 10.6. The van der Waals surface area contributed by atoms with Crippen molar-refractivity contribution in [2.45, 2.75) is 13.8 Å². The second kappa shape index (κ2) is 7.73. The SMILES string of the molecule is C/C=C/C=C\C=C\C=C\C(C)=O. The lowest BCUT2D eigenvalue weighted by Gasteiger charge is -1.74. The van der Waals surface area contributed by atoms with Gasteiger partial charge in [-0.25, -0.2) is 0 Å². The Morgan fingerprint density at radius 2 is 1.42 bits per heavy atom. The molecule has 0 aromatic carbocycles. The van der Waals surface area contributed by atoms with E-state index in [9.17, 15) is 4.79 Å². The zero-order chi connectivity index (χ0) is 9.23. The molecule has 0 radical (unpaired) electrons. The van der Waals surface area contributed by atoms with Gasteiger partial charge in [-0.1, -0.05) is 42.5 Å². The van der Waals surface area contributed by atoms with Gasteiger partial charge in [-0.15, -0.1) is 0 Å². The molecule has 1 nitrogen and oxygen atoms in total. The minimum absolute atomic E-state index is 0.0667. The molecule has 12 heavy (non-hydrogen) atoms. The highest BCUT2D eigenvalue weighted by atomic mass is 16.1. The summed E-state index contributed by atoms with van der Waals surface area (Å²) in [4.78, 5) is 10.4. The van der Waals surface area contributed by atoms with Crippen LogP contribution in [0, 0.1) is 0 Å². The lowest BCUT2D eigenvalue weighted by atomic mass is 10.3. The monoisotopic (exact) mass is 162 g/mol. The van der Waals surface area contributed by atoms with E-state index in [2.05, 4.69) is 0 Å². The van der Waals surface area contributed by atoms with Crippen LogP contribution in [0.25, 0.3) is 0 Å². The summed E-state index contributed by atoms with van der Waals surface area (Å²) < 4.78 is 0. The third-order valence-corrected chi connectivity index (χ3v) is 1.08. The predicted octanol–water partition coefficient (Wildman–Crippen LogP) is 2.82. The lowest BCUT2D eigenvalue weighted by molar-refractivity contribution is -0.112. The maximum Gasteiger partial charge on any atom is 0.152 e. The first-order valence-corrected chi connectivity index (χ1v) is 3.90. The third kappa shape index (κ3) is 8.63. The molecular weight excluding hydrogens is 148 g/mol. The number of hydrogen-bond acceptors (Lipinski definition) is 1. The quantitative estimate of drug-likeness (QED) is 0.459. The van der Waals surface area contributed by atoms with Gasteiger partial charge in [0, 0.05) is 0 Å². The Hall–Kier alpha value is -1.37. The molecular formula is C11H14O. The molecule has 0 rings (SSSR count). The van der Waals surface area contributed by atoms with E-state index in [-0.39, 0.29) is 5.78 Å². The van der Waals surface area contributed by atoms with E-state index in [1.165, 1.54) is 13.0 Å². The van der Waals surface area contributed by atoms with Crippen molar-refractivity contribution in [3.05, 3.63) is 48.6 Å². The molecule has 0 aromatic heterocycles. The zero-order valence-corrected chi connectivity index (χ0v) is 7.53. The molecule has 1 heteroatoms. The molecule has 0 bridgehead atoms. The van der Waals surface area contributed by atoms with E-state index in [0.29, 0.717) is 0 Å². The molecule has 0 amide bonds. The topological polar surface area (TPSA) is 17.1 Å². The van der Waals surface area contributed by atoms with Crippen molar-refractivity contribution in [1.29, 1.82) is 0 Å². The number of carbonyl (C=O) groups excluding carboxylic acids is 1. The van der Waals surface area contributed by atoms with Gasteiger partial charge in [0.2, 0.25) is 0 Å². The largest absolute Gasteiger partial charge is 0.295 e. The van der Waals surface area contributed by atoms with Crippen molar-refractivity contribution in [2.24, 2.45) is 0 Å². The van der Waals surface area contributed by atoms with Crippen LogP contribution in [-0.4, -0.2) is 5.78 Å². The molecule has 0 N–H and O–H groups in total. The van der Waals surface area contributed by atoms with Crippen LogP contribution in [0.2, 0.25) is 0 Å². The summed E-state index contributed by atoms with van der Waals surface area (Å²) in [6, 6.07) is 0. The van der Waals surface area contributed by atoms with Crippen molar-refractivity contribution >= 4 is 5.78 Å². The maximum atomic E-state index is 10.4. The van der Waals surface area contributed by atoms with Crippen LogP contribution >= 0.6 is 0 Å². The molecule has 0 spiro atoms. The summed E-state index contributed by atoms with van der Waals surface area (Å²) in [5, 5.41) is 0.